The highest BCUT2D eigenvalue weighted by Crippen LogP contribution is 2.12. The fourth-order valence-corrected chi connectivity index (χ4v) is 2.15. The number of carbonyl (C=O) groups excluding carboxylic acids is 3. The normalized spacial score (nSPS) is 12.3. The van der Waals surface area contributed by atoms with Crippen LogP contribution in [0.25, 0.3) is 0 Å². The van der Waals surface area contributed by atoms with Crippen LogP contribution in [0, 0.1) is 0 Å². The molecule has 0 radical (unpaired) electrons. The van der Waals surface area contributed by atoms with Crippen molar-refractivity contribution in [1.82, 2.24) is 4.90 Å². The molecule has 1 atom stereocenters. The number of nitrogens with zero attached hydrogens (tertiary/aromatic N) is 1. The first kappa shape index (κ1) is 23.6. The standard InChI is InChI=1S/C19H29NO6/c1-4-6-8-10-12-16(21)20(17(22)13-11-9-7-5-2)15(19(24)25)14-18(23)26-3/h8-11,15H,4-7,12-14H2,1-3H3,(H,24,25)/b10-8+,11-9+. The molecular formula is C19H29NO6. The SMILES string of the molecule is CCC/C=C/CC(=O)N(C(=O)C/C=C/CCC)C(CC(=O)OC)C(=O)O. The van der Waals surface area contributed by atoms with E-state index in [2.05, 4.69) is 4.74 Å². The van der Waals surface area contributed by atoms with Gasteiger partial charge in [0.15, 0.2) is 0 Å². The molecule has 0 aliphatic carbocycles. The average molecular weight is 367 g/mol. The number of imide groups is 1. The lowest BCUT2D eigenvalue weighted by atomic mass is 10.1. The second kappa shape index (κ2) is 13.8. The van der Waals surface area contributed by atoms with Crippen molar-refractivity contribution in [2.24, 2.45) is 0 Å². The molecule has 0 aromatic carbocycles. The van der Waals surface area contributed by atoms with Crippen molar-refractivity contribution in [3.63, 3.8) is 0 Å². The van der Waals surface area contributed by atoms with Crippen molar-refractivity contribution in [3.8, 4) is 0 Å². The van der Waals surface area contributed by atoms with Crippen LogP contribution in [0.4, 0.5) is 0 Å². The molecule has 7 heteroatoms. The summed E-state index contributed by atoms with van der Waals surface area (Å²) in [7, 11) is 1.12. The first-order chi connectivity index (χ1) is 12.4. The Labute approximate surface area is 154 Å². The number of carboxylic acid groups (broad SMARTS) is 1. The van der Waals surface area contributed by atoms with Crippen molar-refractivity contribution >= 4 is 23.8 Å². The number of hydrogen-bond acceptors (Lipinski definition) is 5. The Morgan fingerprint density at radius 1 is 0.923 bits per heavy atom. The fourth-order valence-electron chi connectivity index (χ4n) is 2.15. The smallest absolute Gasteiger partial charge is 0.327 e. The monoisotopic (exact) mass is 367 g/mol. The zero-order chi connectivity index (χ0) is 19.9. The first-order valence-corrected chi connectivity index (χ1v) is 8.83. The maximum absolute atomic E-state index is 12.5. The minimum Gasteiger partial charge on any atom is -0.480 e. The number of methoxy groups -OCH3 is 1. The minimum absolute atomic E-state index is 0.102. The van der Waals surface area contributed by atoms with Gasteiger partial charge in [0, 0.05) is 12.8 Å². The maximum Gasteiger partial charge on any atom is 0.327 e. The lowest BCUT2D eigenvalue weighted by molar-refractivity contribution is -0.160. The summed E-state index contributed by atoms with van der Waals surface area (Å²) >= 11 is 0. The van der Waals surface area contributed by atoms with Crippen LogP contribution in [0.5, 0.6) is 0 Å². The van der Waals surface area contributed by atoms with Gasteiger partial charge in [-0.05, 0) is 12.8 Å². The predicted molar refractivity (Wildman–Crippen MR) is 97.2 cm³/mol. The Kier molecular flexibility index (Phi) is 12.5. The van der Waals surface area contributed by atoms with Crippen LogP contribution in [0.15, 0.2) is 24.3 Å². The molecule has 1 N–H and O–H groups in total. The van der Waals surface area contributed by atoms with Crippen molar-refractivity contribution in [2.75, 3.05) is 7.11 Å². The van der Waals surface area contributed by atoms with E-state index in [9.17, 15) is 24.3 Å². The van der Waals surface area contributed by atoms with Gasteiger partial charge in [0.05, 0.1) is 13.5 Å². The number of carbonyl (C=O) groups is 4. The van der Waals surface area contributed by atoms with Gasteiger partial charge in [0.25, 0.3) is 0 Å². The fraction of sp³-hybridized carbons (Fsp3) is 0.579. The summed E-state index contributed by atoms with van der Waals surface area (Å²) < 4.78 is 4.49. The zero-order valence-electron chi connectivity index (χ0n) is 15.8. The Balaban J connectivity index is 5.39. The van der Waals surface area contributed by atoms with Crippen LogP contribution in [-0.4, -0.2) is 46.9 Å². The Bertz CT molecular complexity index is 508. The van der Waals surface area contributed by atoms with Gasteiger partial charge in [0.2, 0.25) is 11.8 Å². The molecule has 7 nitrogen and oxygen atoms in total. The Morgan fingerprint density at radius 2 is 1.38 bits per heavy atom. The van der Waals surface area contributed by atoms with Crippen molar-refractivity contribution in [1.29, 1.82) is 0 Å². The molecule has 0 saturated heterocycles. The number of amides is 2. The van der Waals surface area contributed by atoms with Gasteiger partial charge in [-0.2, -0.15) is 0 Å². The zero-order valence-corrected chi connectivity index (χ0v) is 15.8. The van der Waals surface area contributed by atoms with E-state index < -0.39 is 36.2 Å². The molecule has 0 spiro atoms. The van der Waals surface area contributed by atoms with E-state index in [4.69, 9.17) is 0 Å². The minimum atomic E-state index is -1.58. The van der Waals surface area contributed by atoms with Gasteiger partial charge in [-0.1, -0.05) is 51.0 Å². The van der Waals surface area contributed by atoms with Gasteiger partial charge < -0.3 is 9.84 Å². The van der Waals surface area contributed by atoms with E-state index in [0.29, 0.717) is 4.90 Å². The van der Waals surface area contributed by atoms with E-state index >= 15 is 0 Å². The van der Waals surface area contributed by atoms with E-state index in [0.717, 1.165) is 32.8 Å². The number of unbranched alkanes of at least 4 members (excludes halogenated alkanes) is 2. The highest BCUT2D eigenvalue weighted by atomic mass is 16.5. The number of ether oxygens (including phenoxy) is 1. The van der Waals surface area contributed by atoms with Crippen LogP contribution in [0.3, 0.4) is 0 Å². The third kappa shape index (κ3) is 9.15. The maximum atomic E-state index is 12.5. The molecule has 0 heterocycles. The number of esters is 1. The predicted octanol–water partition coefficient (Wildman–Crippen LogP) is 2.85. The van der Waals surface area contributed by atoms with Gasteiger partial charge >= 0.3 is 11.9 Å². The van der Waals surface area contributed by atoms with E-state index in [-0.39, 0.29) is 12.8 Å². The lowest BCUT2D eigenvalue weighted by Crippen LogP contribution is -2.49. The molecule has 1 unspecified atom stereocenters. The Morgan fingerprint density at radius 3 is 1.73 bits per heavy atom. The summed E-state index contributed by atoms with van der Waals surface area (Å²) in [5.74, 6) is -3.52. The molecule has 0 rings (SSSR count). The number of aliphatic carboxylic acids is 1. The summed E-state index contributed by atoms with van der Waals surface area (Å²) in [4.78, 5) is 48.7. The average Bonchev–Trinajstić information content (AvgIpc) is 2.61. The van der Waals surface area contributed by atoms with Crippen LogP contribution < -0.4 is 0 Å². The summed E-state index contributed by atoms with van der Waals surface area (Å²) in [6.45, 7) is 3.98. The highest BCUT2D eigenvalue weighted by molar-refractivity contribution is 6.01. The number of allylic oxidation sites excluding steroid dienone is 2. The third-order valence-corrected chi connectivity index (χ3v) is 3.55. The molecule has 146 valence electrons. The van der Waals surface area contributed by atoms with Crippen LogP contribution in [-0.2, 0) is 23.9 Å². The topological polar surface area (TPSA) is 101 Å². The second-order valence-corrected chi connectivity index (χ2v) is 5.72. The molecule has 2 amide bonds. The van der Waals surface area contributed by atoms with Crippen LogP contribution >= 0.6 is 0 Å². The molecule has 0 aliphatic heterocycles. The molecule has 0 aromatic heterocycles. The van der Waals surface area contributed by atoms with Crippen molar-refractivity contribution < 1.29 is 29.0 Å². The second-order valence-electron chi connectivity index (χ2n) is 5.72. The largest absolute Gasteiger partial charge is 0.480 e. The van der Waals surface area contributed by atoms with Gasteiger partial charge in [-0.15, -0.1) is 0 Å². The summed E-state index contributed by atoms with van der Waals surface area (Å²) in [6, 6.07) is -1.58. The number of hydrogen-bond donors (Lipinski definition) is 1. The molecule has 0 bridgehead atoms. The quantitative estimate of drug-likeness (QED) is 0.420. The van der Waals surface area contributed by atoms with E-state index in [1.165, 1.54) is 0 Å². The summed E-state index contributed by atoms with van der Waals surface area (Å²) in [5, 5.41) is 9.42. The highest BCUT2D eigenvalue weighted by Gasteiger charge is 2.35. The van der Waals surface area contributed by atoms with Crippen molar-refractivity contribution in [2.45, 2.75) is 64.8 Å². The summed E-state index contributed by atoms with van der Waals surface area (Å²) in [5.41, 5.74) is 0. The van der Waals surface area contributed by atoms with E-state index in [1.807, 2.05) is 13.8 Å². The van der Waals surface area contributed by atoms with Gasteiger partial charge in [0.1, 0.15) is 6.04 Å². The molecule has 0 aliphatic rings. The molecule has 0 aromatic rings. The van der Waals surface area contributed by atoms with Crippen LogP contribution in [0.1, 0.15) is 58.8 Å². The number of rotatable bonds is 12. The number of carboxylic acids is 1. The molecule has 26 heavy (non-hydrogen) atoms. The molecule has 0 fully saturated rings. The lowest BCUT2D eigenvalue weighted by Gasteiger charge is -2.26. The third-order valence-electron chi connectivity index (χ3n) is 3.55. The van der Waals surface area contributed by atoms with Gasteiger partial charge in [-0.3, -0.25) is 19.3 Å². The van der Waals surface area contributed by atoms with Gasteiger partial charge in [-0.25, -0.2) is 4.79 Å². The summed E-state index contributed by atoms with van der Waals surface area (Å²) in [6.07, 6.45) is 9.43. The first-order valence-electron chi connectivity index (χ1n) is 8.83. The Hall–Kier alpha value is -2.44. The van der Waals surface area contributed by atoms with Crippen LogP contribution in [0.2, 0.25) is 0 Å². The van der Waals surface area contributed by atoms with E-state index in [1.54, 1.807) is 24.3 Å². The molecular weight excluding hydrogens is 338 g/mol. The molecule has 0 saturated carbocycles. The van der Waals surface area contributed by atoms with Crippen molar-refractivity contribution in [3.05, 3.63) is 24.3 Å².